The summed E-state index contributed by atoms with van der Waals surface area (Å²) >= 11 is 1.63. The molecule has 0 N–H and O–H groups in total. The van der Waals surface area contributed by atoms with Crippen LogP contribution in [-0.4, -0.2) is 5.78 Å². The van der Waals surface area contributed by atoms with Crippen molar-refractivity contribution < 1.29 is 13.6 Å². The molecule has 1 aliphatic carbocycles. The number of fused-ring (bicyclic) bond motifs is 1. The van der Waals surface area contributed by atoms with Crippen molar-refractivity contribution in [3.05, 3.63) is 46.3 Å². The molecule has 0 fully saturated rings. The van der Waals surface area contributed by atoms with E-state index in [-0.39, 0.29) is 11.3 Å². The number of benzene rings is 1. The lowest BCUT2D eigenvalue weighted by Crippen LogP contribution is -2.33. The van der Waals surface area contributed by atoms with E-state index < -0.39 is 11.3 Å². The maximum absolute atomic E-state index is 13.6. The third kappa shape index (κ3) is 2.85. The van der Waals surface area contributed by atoms with Gasteiger partial charge in [-0.2, -0.15) is 0 Å². The molecule has 1 atom stereocenters. The Kier molecular flexibility index (Phi) is 3.91. The predicted octanol–water partition coefficient (Wildman–Crippen LogP) is 5.71. The highest BCUT2D eigenvalue weighted by atomic mass is 32.1. The highest BCUT2D eigenvalue weighted by molar-refractivity contribution is 7.15. The van der Waals surface area contributed by atoms with Gasteiger partial charge >= 0.3 is 0 Å². The Hall–Kier alpha value is -1.55. The van der Waals surface area contributed by atoms with Crippen LogP contribution in [0.15, 0.2) is 30.3 Å². The van der Waals surface area contributed by atoms with E-state index in [9.17, 15) is 13.6 Å². The van der Waals surface area contributed by atoms with E-state index >= 15 is 0 Å². The van der Waals surface area contributed by atoms with Crippen molar-refractivity contribution in [3.8, 4) is 10.4 Å². The molecule has 1 aromatic heterocycles. The fraction of sp³-hybridized carbons (Fsp3) is 0.421. The number of Topliss-reactive ketones (excluding diaryl/α,β-unsaturated/α-hetero) is 1. The number of hydrogen-bond donors (Lipinski definition) is 0. The lowest BCUT2D eigenvalue weighted by molar-refractivity contribution is -0.122. The number of thiophene rings is 1. The van der Waals surface area contributed by atoms with Crippen LogP contribution in [-0.2, 0) is 22.6 Å². The first-order valence-electron chi connectivity index (χ1n) is 7.85. The molecule has 0 amide bonds. The van der Waals surface area contributed by atoms with Crippen molar-refractivity contribution in [1.29, 1.82) is 0 Å². The van der Waals surface area contributed by atoms with E-state index in [2.05, 4.69) is 0 Å². The number of rotatable bonds is 3. The lowest BCUT2D eigenvalue weighted by atomic mass is 9.71. The SMILES string of the molecule is CC(=O)C1(C)CCCc2sc(-c3cccc(C(C)(F)F)c3)cc21. The van der Waals surface area contributed by atoms with Gasteiger partial charge in [-0.3, -0.25) is 4.79 Å². The number of alkyl halides is 2. The third-order valence-corrected chi connectivity index (χ3v) is 6.16. The van der Waals surface area contributed by atoms with Gasteiger partial charge in [0.2, 0.25) is 0 Å². The minimum absolute atomic E-state index is 0.0238. The van der Waals surface area contributed by atoms with Crippen LogP contribution in [0.3, 0.4) is 0 Å². The van der Waals surface area contributed by atoms with Crippen molar-refractivity contribution in [2.24, 2.45) is 0 Å². The Morgan fingerprint density at radius 2 is 2.04 bits per heavy atom. The zero-order valence-corrected chi connectivity index (χ0v) is 14.4. The van der Waals surface area contributed by atoms with Gasteiger partial charge in [-0.15, -0.1) is 11.3 Å². The molecule has 0 bridgehead atoms. The van der Waals surface area contributed by atoms with Gasteiger partial charge < -0.3 is 0 Å². The average molecular weight is 334 g/mol. The van der Waals surface area contributed by atoms with Crippen LogP contribution in [0.25, 0.3) is 10.4 Å². The molecule has 1 aromatic carbocycles. The molecular formula is C19H20F2OS. The van der Waals surface area contributed by atoms with Crippen LogP contribution >= 0.6 is 11.3 Å². The van der Waals surface area contributed by atoms with Crippen molar-refractivity contribution in [2.45, 2.75) is 51.4 Å². The number of carbonyl (C=O) groups excluding carboxylic acids is 1. The van der Waals surface area contributed by atoms with Gasteiger partial charge in [0, 0.05) is 22.2 Å². The van der Waals surface area contributed by atoms with Crippen molar-refractivity contribution in [2.75, 3.05) is 0 Å². The summed E-state index contributed by atoms with van der Waals surface area (Å²) in [6.07, 6.45) is 2.82. The molecule has 0 saturated heterocycles. The van der Waals surface area contributed by atoms with Crippen molar-refractivity contribution in [1.82, 2.24) is 0 Å². The van der Waals surface area contributed by atoms with Crippen LogP contribution in [0.4, 0.5) is 8.78 Å². The van der Waals surface area contributed by atoms with Gasteiger partial charge in [-0.05, 0) is 56.4 Å². The molecular weight excluding hydrogens is 314 g/mol. The Morgan fingerprint density at radius 1 is 1.30 bits per heavy atom. The second kappa shape index (κ2) is 5.52. The molecule has 0 saturated carbocycles. The maximum atomic E-state index is 13.6. The normalized spacial score (nSPS) is 21.1. The largest absolute Gasteiger partial charge is 0.299 e. The third-order valence-electron chi connectivity index (χ3n) is 4.92. The molecule has 0 spiro atoms. The predicted molar refractivity (Wildman–Crippen MR) is 90.3 cm³/mol. The first-order chi connectivity index (χ1) is 10.7. The van der Waals surface area contributed by atoms with Gasteiger partial charge in [0.25, 0.3) is 5.92 Å². The Labute approximate surface area is 139 Å². The first-order valence-corrected chi connectivity index (χ1v) is 8.66. The van der Waals surface area contributed by atoms with Gasteiger partial charge in [0.05, 0.1) is 5.41 Å². The molecule has 1 heterocycles. The molecule has 1 unspecified atom stereocenters. The number of halogens is 2. The molecule has 4 heteroatoms. The van der Waals surface area contributed by atoms with E-state index in [0.29, 0.717) is 0 Å². The summed E-state index contributed by atoms with van der Waals surface area (Å²) < 4.78 is 27.1. The highest BCUT2D eigenvalue weighted by Crippen LogP contribution is 2.45. The second-order valence-corrected chi connectivity index (χ2v) is 7.80. The maximum Gasteiger partial charge on any atom is 0.270 e. The second-order valence-electron chi connectivity index (χ2n) is 6.66. The summed E-state index contributed by atoms with van der Waals surface area (Å²) in [5.41, 5.74) is 1.48. The van der Waals surface area contributed by atoms with Crippen LogP contribution < -0.4 is 0 Å². The van der Waals surface area contributed by atoms with Gasteiger partial charge in [-0.25, -0.2) is 8.78 Å². The molecule has 2 aromatic rings. The molecule has 23 heavy (non-hydrogen) atoms. The Morgan fingerprint density at radius 3 is 2.70 bits per heavy atom. The Bertz CT molecular complexity index is 757. The summed E-state index contributed by atoms with van der Waals surface area (Å²) in [5, 5.41) is 0. The smallest absolute Gasteiger partial charge is 0.270 e. The molecule has 3 rings (SSSR count). The molecule has 122 valence electrons. The Balaban J connectivity index is 2.07. The standard InChI is InChI=1S/C19H20F2OS/c1-12(22)18(2)9-5-8-16-15(18)11-17(23-16)13-6-4-7-14(10-13)19(3,20)21/h4,6-7,10-11H,5,8-9H2,1-3H3. The summed E-state index contributed by atoms with van der Waals surface area (Å²) in [5.74, 6) is -2.67. The van der Waals surface area contributed by atoms with Gasteiger partial charge in [-0.1, -0.05) is 18.2 Å². The van der Waals surface area contributed by atoms with Crippen LogP contribution in [0, 0.1) is 0 Å². The van der Waals surface area contributed by atoms with E-state index in [0.717, 1.165) is 42.2 Å². The number of aryl methyl sites for hydroxylation is 1. The average Bonchev–Trinajstić information content (AvgIpc) is 2.92. The minimum Gasteiger partial charge on any atom is -0.299 e. The first kappa shape index (κ1) is 16.3. The lowest BCUT2D eigenvalue weighted by Gasteiger charge is -2.31. The fourth-order valence-electron chi connectivity index (χ4n) is 3.27. The monoisotopic (exact) mass is 334 g/mol. The topological polar surface area (TPSA) is 17.1 Å². The number of hydrogen-bond acceptors (Lipinski definition) is 2. The fourth-order valence-corrected chi connectivity index (χ4v) is 4.60. The molecule has 0 aliphatic heterocycles. The molecule has 1 nitrogen and oxygen atoms in total. The van der Waals surface area contributed by atoms with Crippen molar-refractivity contribution in [3.63, 3.8) is 0 Å². The summed E-state index contributed by atoms with van der Waals surface area (Å²) in [6.45, 7) is 4.56. The van der Waals surface area contributed by atoms with Crippen LogP contribution in [0.2, 0.25) is 0 Å². The van der Waals surface area contributed by atoms with Crippen molar-refractivity contribution >= 4 is 17.1 Å². The highest BCUT2D eigenvalue weighted by Gasteiger charge is 2.37. The molecule has 1 aliphatic rings. The van der Waals surface area contributed by atoms with Crippen LogP contribution in [0.5, 0.6) is 0 Å². The zero-order chi connectivity index (χ0) is 16.8. The van der Waals surface area contributed by atoms with E-state index in [1.807, 2.05) is 19.1 Å². The summed E-state index contributed by atoms with van der Waals surface area (Å²) in [4.78, 5) is 14.3. The zero-order valence-electron chi connectivity index (χ0n) is 13.6. The van der Waals surface area contributed by atoms with Gasteiger partial charge in [0.15, 0.2) is 0 Å². The quantitative estimate of drug-likeness (QED) is 0.702. The molecule has 0 radical (unpaired) electrons. The number of carbonyl (C=O) groups is 1. The van der Waals surface area contributed by atoms with Gasteiger partial charge in [0.1, 0.15) is 5.78 Å². The van der Waals surface area contributed by atoms with E-state index in [1.54, 1.807) is 30.4 Å². The van der Waals surface area contributed by atoms with Crippen LogP contribution in [0.1, 0.15) is 49.6 Å². The van der Waals surface area contributed by atoms with E-state index in [1.165, 1.54) is 10.9 Å². The number of ketones is 1. The minimum atomic E-state index is -2.85. The van der Waals surface area contributed by atoms with E-state index in [4.69, 9.17) is 0 Å². The summed E-state index contributed by atoms with van der Waals surface area (Å²) in [6, 6.07) is 8.58. The summed E-state index contributed by atoms with van der Waals surface area (Å²) in [7, 11) is 0.